The van der Waals surface area contributed by atoms with Crippen molar-refractivity contribution in [1.82, 2.24) is 15.0 Å². The van der Waals surface area contributed by atoms with Gasteiger partial charge in [-0.1, -0.05) is 17.3 Å². The Balaban J connectivity index is 1.61. The van der Waals surface area contributed by atoms with Crippen LogP contribution in [-0.2, 0) is 9.59 Å². The summed E-state index contributed by atoms with van der Waals surface area (Å²) in [5, 5.41) is 13.1. The van der Waals surface area contributed by atoms with Gasteiger partial charge in [-0.2, -0.15) is 4.98 Å². The number of nitrogens with zero attached hydrogens (tertiary/aromatic N) is 3. The Kier molecular flexibility index (Phi) is 4.45. The van der Waals surface area contributed by atoms with Crippen LogP contribution in [0.5, 0.6) is 0 Å². The molecule has 0 aromatic carbocycles. The predicted octanol–water partition coefficient (Wildman–Crippen LogP) is 1.75. The third-order valence-electron chi connectivity index (χ3n) is 4.77. The minimum atomic E-state index is -0.885. The highest BCUT2D eigenvalue weighted by molar-refractivity contribution is 5.85. The summed E-state index contributed by atoms with van der Waals surface area (Å²) in [6.45, 7) is 3.00. The summed E-state index contributed by atoms with van der Waals surface area (Å²) in [6.07, 6.45) is 6.26. The molecule has 0 saturated carbocycles. The molecule has 2 aliphatic rings. The Hall–Kier alpha value is -2.18. The van der Waals surface area contributed by atoms with Gasteiger partial charge < -0.3 is 14.5 Å². The molecule has 7 heteroatoms. The van der Waals surface area contributed by atoms with Gasteiger partial charge in [0.15, 0.2) is 5.82 Å². The molecule has 1 amide bonds. The lowest BCUT2D eigenvalue weighted by Gasteiger charge is -2.35. The number of aromatic nitrogens is 2. The van der Waals surface area contributed by atoms with Crippen LogP contribution >= 0.6 is 0 Å². The molecular weight excluding hydrogens is 298 g/mol. The number of carboxylic acid groups (broad SMARTS) is 1. The van der Waals surface area contributed by atoms with Crippen LogP contribution in [-0.4, -0.2) is 45.1 Å². The van der Waals surface area contributed by atoms with Crippen LogP contribution in [0.1, 0.15) is 43.3 Å². The first-order valence-electron chi connectivity index (χ1n) is 8.03. The fourth-order valence-electron chi connectivity index (χ4n) is 3.42. The molecule has 0 radical (unpaired) electrons. The first-order valence-corrected chi connectivity index (χ1v) is 8.03. The van der Waals surface area contributed by atoms with Crippen molar-refractivity contribution < 1.29 is 19.2 Å². The highest BCUT2D eigenvalue weighted by Gasteiger charge is 2.37. The smallest absolute Gasteiger partial charge is 0.307 e. The van der Waals surface area contributed by atoms with Gasteiger partial charge in [-0.15, -0.1) is 0 Å². The molecule has 1 aliphatic heterocycles. The molecule has 1 aromatic heterocycles. The second kappa shape index (κ2) is 6.52. The zero-order valence-electron chi connectivity index (χ0n) is 13.1. The monoisotopic (exact) mass is 319 g/mol. The second-order valence-electron chi connectivity index (χ2n) is 6.27. The molecule has 124 valence electrons. The number of piperidine rings is 1. The molecule has 1 fully saturated rings. The van der Waals surface area contributed by atoms with Gasteiger partial charge in [0.2, 0.25) is 11.8 Å². The average molecular weight is 319 g/mol. The lowest BCUT2D eigenvalue weighted by atomic mass is 9.81. The maximum Gasteiger partial charge on any atom is 0.307 e. The molecule has 1 N–H and O–H groups in total. The molecule has 0 unspecified atom stereocenters. The molecule has 0 spiro atoms. The van der Waals surface area contributed by atoms with Crippen molar-refractivity contribution in [1.29, 1.82) is 0 Å². The van der Waals surface area contributed by atoms with Gasteiger partial charge in [-0.3, -0.25) is 9.59 Å². The van der Waals surface area contributed by atoms with Gasteiger partial charge >= 0.3 is 5.97 Å². The van der Waals surface area contributed by atoms with Crippen LogP contribution in [0, 0.1) is 18.8 Å². The summed E-state index contributed by atoms with van der Waals surface area (Å²) in [6, 6.07) is 0. The highest BCUT2D eigenvalue weighted by Crippen LogP contribution is 2.31. The van der Waals surface area contributed by atoms with Gasteiger partial charge in [0.05, 0.1) is 11.8 Å². The Labute approximate surface area is 134 Å². The summed E-state index contributed by atoms with van der Waals surface area (Å²) in [5.74, 6) is -0.536. The first-order chi connectivity index (χ1) is 11.1. The number of carboxylic acids is 1. The molecule has 2 heterocycles. The number of allylic oxidation sites excluding steroid dienone is 2. The van der Waals surface area contributed by atoms with E-state index in [0.717, 1.165) is 12.8 Å². The number of aryl methyl sites for hydroxylation is 1. The number of hydrogen-bond acceptors (Lipinski definition) is 5. The minimum absolute atomic E-state index is 0.0399. The summed E-state index contributed by atoms with van der Waals surface area (Å²) in [4.78, 5) is 30.1. The van der Waals surface area contributed by atoms with Crippen molar-refractivity contribution in [2.24, 2.45) is 11.8 Å². The third-order valence-corrected chi connectivity index (χ3v) is 4.77. The lowest BCUT2D eigenvalue weighted by molar-refractivity contribution is -0.151. The predicted molar refractivity (Wildman–Crippen MR) is 80.6 cm³/mol. The zero-order valence-corrected chi connectivity index (χ0v) is 13.1. The molecule has 7 nitrogen and oxygen atoms in total. The number of aliphatic carboxylic acids is 1. The molecular formula is C16H21N3O4. The van der Waals surface area contributed by atoms with Gasteiger partial charge in [-0.25, -0.2) is 0 Å². The fourth-order valence-corrected chi connectivity index (χ4v) is 3.42. The normalized spacial score (nSPS) is 25.5. The van der Waals surface area contributed by atoms with E-state index < -0.39 is 17.8 Å². The second-order valence-corrected chi connectivity index (χ2v) is 6.27. The van der Waals surface area contributed by atoms with Gasteiger partial charge in [0, 0.05) is 19.0 Å². The van der Waals surface area contributed by atoms with E-state index in [9.17, 15) is 14.7 Å². The van der Waals surface area contributed by atoms with E-state index in [4.69, 9.17) is 4.52 Å². The summed E-state index contributed by atoms with van der Waals surface area (Å²) in [7, 11) is 0. The van der Waals surface area contributed by atoms with Crippen LogP contribution in [0.3, 0.4) is 0 Å². The quantitative estimate of drug-likeness (QED) is 0.853. The summed E-state index contributed by atoms with van der Waals surface area (Å²) < 4.78 is 5.21. The van der Waals surface area contributed by atoms with Crippen molar-refractivity contribution >= 4 is 11.9 Å². The van der Waals surface area contributed by atoms with Gasteiger partial charge in [0.1, 0.15) is 0 Å². The molecule has 0 bridgehead atoms. The van der Waals surface area contributed by atoms with Crippen molar-refractivity contribution in [3.63, 3.8) is 0 Å². The third kappa shape index (κ3) is 3.28. The maximum absolute atomic E-state index is 12.7. The minimum Gasteiger partial charge on any atom is -0.481 e. The average Bonchev–Trinajstić information content (AvgIpc) is 3.01. The number of likely N-dealkylation sites (tertiary alicyclic amines) is 1. The van der Waals surface area contributed by atoms with E-state index >= 15 is 0 Å². The lowest BCUT2D eigenvalue weighted by Crippen LogP contribution is -2.45. The Bertz CT molecular complexity index is 617. The molecule has 1 aromatic rings. The van der Waals surface area contributed by atoms with Crippen LogP contribution in [0.4, 0.5) is 0 Å². The Morgan fingerprint density at radius 1 is 1.22 bits per heavy atom. The summed E-state index contributed by atoms with van der Waals surface area (Å²) >= 11 is 0. The number of amides is 1. The van der Waals surface area contributed by atoms with Crippen molar-refractivity contribution in [3.05, 3.63) is 23.9 Å². The molecule has 1 aliphatic carbocycles. The van der Waals surface area contributed by atoms with Crippen molar-refractivity contribution in [2.45, 2.75) is 38.5 Å². The van der Waals surface area contributed by atoms with E-state index in [-0.39, 0.29) is 11.8 Å². The fraction of sp³-hybridized carbons (Fsp3) is 0.625. The van der Waals surface area contributed by atoms with Gasteiger partial charge in [0.25, 0.3) is 0 Å². The highest BCUT2D eigenvalue weighted by atomic mass is 16.5. The molecule has 2 atom stereocenters. The van der Waals surface area contributed by atoms with Crippen LogP contribution in [0.25, 0.3) is 0 Å². The summed E-state index contributed by atoms with van der Waals surface area (Å²) in [5.41, 5.74) is 0. The van der Waals surface area contributed by atoms with Crippen molar-refractivity contribution in [3.8, 4) is 0 Å². The van der Waals surface area contributed by atoms with Gasteiger partial charge in [-0.05, 0) is 32.6 Å². The molecule has 3 rings (SSSR count). The Morgan fingerprint density at radius 3 is 2.43 bits per heavy atom. The molecule has 1 saturated heterocycles. The number of rotatable bonds is 3. The van der Waals surface area contributed by atoms with Crippen LogP contribution in [0.15, 0.2) is 16.7 Å². The van der Waals surface area contributed by atoms with E-state index in [2.05, 4.69) is 10.1 Å². The maximum atomic E-state index is 12.7. The van der Waals surface area contributed by atoms with Crippen LogP contribution in [0.2, 0.25) is 0 Å². The van der Waals surface area contributed by atoms with E-state index in [1.807, 2.05) is 12.2 Å². The SMILES string of the molecule is Cc1noc(C2CCN(C(=O)[C@@H]3CC=CC[C@@H]3C(=O)O)CC2)n1. The number of carbonyl (C=O) groups is 2. The number of carbonyl (C=O) groups excluding carboxylic acids is 1. The van der Waals surface area contributed by atoms with Crippen molar-refractivity contribution in [2.75, 3.05) is 13.1 Å². The number of hydrogen-bond donors (Lipinski definition) is 1. The standard InChI is InChI=1S/C16H21N3O4/c1-10-17-14(23-18-10)11-6-8-19(9-7-11)15(20)12-4-2-3-5-13(12)16(21)22/h2-3,11-13H,4-9H2,1H3,(H,21,22)/t12-,13+/m1/s1. The topological polar surface area (TPSA) is 96.5 Å². The molecule has 23 heavy (non-hydrogen) atoms. The largest absolute Gasteiger partial charge is 0.481 e. The first kappa shape index (κ1) is 15.7. The van der Waals surface area contributed by atoms with Crippen LogP contribution < -0.4 is 0 Å². The Morgan fingerprint density at radius 2 is 1.87 bits per heavy atom. The van der Waals surface area contributed by atoms with E-state index in [0.29, 0.717) is 37.6 Å². The van der Waals surface area contributed by atoms with E-state index in [1.54, 1.807) is 11.8 Å². The van der Waals surface area contributed by atoms with E-state index in [1.165, 1.54) is 0 Å². The zero-order chi connectivity index (χ0) is 16.4.